The minimum Gasteiger partial charge on any atom is -0.0993 e. The summed E-state index contributed by atoms with van der Waals surface area (Å²) in [5, 5.41) is 0. The summed E-state index contributed by atoms with van der Waals surface area (Å²) in [4.78, 5) is 0. The highest BCUT2D eigenvalue weighted by Crippen LogP contribution is 2.44. The lowest BCUT2D eigenvalue weighted by atomic mass is 9.65. The van der Waals surface area contributed by atoms with E-state index in [1.165, 1.54) is 44.9 Å². The van der Waals surface area contributed by atoms with Crippen molar-refractivity contribution in [2.45, 2.75) is 79.6 Å². The third kappa shape index (κ3) is 4.65. The Morgan fingerprint density at radius 2 is 1.68 bits per heavy atom. The summed E-state index contributed by atoms with van der Waals surface area (Å²) in [6.45, 7) is 16.5. The van der Waals surface area contributed by atoms with E-state index in [9.17, 15) is 0 Å². The van der Waals surface area contributed by atoms with Crippen molar-refractivity contribution in [3.8, 4) is 0 Å². The van der Waals surface area contributed by atoms with Crippen LogP contribution in [-0.4, -0.2) is 0 Å². The van der Waals surface area contributed by atoms with Crippen LogP contribution in [-0.2, 0) is 0 Å². The Bertz CT molecular complexity index is 257. The topological polar surface area (TPSA) is 0 Å². The molecule has 0 spiro atoms. The van der Waals surface area contributed by atoms with E-state index in [0.717, 1.165) is 29.6 Å². The minimum absolute atomic E-state index is 0.784. The maximum Gasteiger partial charge on any atom is -0.0170 e. The van der Waals surface area contributed by atoms with Crippen LogP contribution in [0.4, 0.5) is 0 Å². The van der Waals surface area contributed by atoms with E-state index in [1.807, 2.05) is 0 Å². The highest BCUT2D eigenvalue weighted by molar-refractivity contribution is 5.09. The van der Waals surface area contributed by atoms with E-state index in [2.05, 4.69) is 41.2 Å². The fraction of sp³-hybridized carbons (Fsp3) is 0.895. The van der Waals surface area contributed by atoms with Gasteiger partial charge in [-0.05, 0) is 55.3 Å². The lowest BCUT2D eigenvalue weighted by Gasteiger charge is -2.40. The van der Waals surface area contributed by atoms with Crippen LogP contribution in [0.25, 0.3) is 0 Å². The van der Waals surface area contributed by atoms with Crippen LogP contribution in [0, 0.1) is 29.6 Å². The van der Waals surface area contributed by atoms with Gasteiger partial charge < -0.3 is 0 Å². The van der Waals surface area contributed by atoms with Crippen LogP contribution in [0.15, 0.2) is 12.2 Å². The van der Waals surface area contributed by atoms with Crippen LogP contribution in [0.5, 0.6) is 0 Å². The fourth-order valence-electron chi connectivity index (χ4n) is 4.14. The molecule has 19 heavy (non-hydrogen) atoms. The Balaban J connectivity index is 2.78. The summed E-state index contributed by atoms with van der Waals surface area (Å²) >= 11 is 0. The van der Waals surface area contributed by atoms with Crippen LogP contribution >= 0.6 is 0 Å². The number of hydrogen-bond acceptors (Lipinski definition) is 0. The highest BCUT2D eigenvalue weighted by Gasteiger charge is 2.34. The normalized spacial score (nSPS) is 28.1. The van der Waals surface area contributed by atoms with E-state index in [4.69, 9.17) is 0 Å². The molecular weight excluding hydrogens is 228 g/mol. The molecule has 1 saturated carbocycles. The molecule has 0 aromatic rings. The predicted molar refractivity (Wildman–Crippen MR) is 87.3 cm³/mol. The minimum atomic E-state index is 0.784. The quantitative estimate of drug-likeness (QED) is 0.462. The molecule has 112 valence electrons. The van der Waals surface area contributed by atoms with Gasteiger partial charge in [0.15, 0.2) is 0 Å². The lowest BCUT2D eigenvalue weighted by Crippen LogP contribution is -2.31. The molecule has 0 bridgehead atoms. The Morgan fingerprint density at radius 3 is 2.16 bits per heavy atom. The Morgan fingerprint density at radius 1 is 1.11 bits per heavy atom. The first kappa shape index (κ1) is 16.8. The monoisotopic (exact) mass is 264 g/mol. The molecule has 3 atom stereocenters. The Kier molecular flexibility index (Phi) is 7.18. The van der Waals surface area contributed by atoms with Gasteiger partial charge in [-0.25, -0.2) is 0 Å². The first-order valence-electron chi connectivity index (χ1n) is 8.69. The zero-order valence-corrected chi connectivity index (χ0v) is 14.0. The second kappa shape index (κ2) is 8.12. The van der Waals surface area contributed by atoms with Gasteiger partial charge in [0.1, 0.15) is 0 Å². The highest BCUT2D eigenvalue weighted by atomic mass is 14.4. The van der Waals surface area contributed by atoms with Gasteiger partial charge in [0.05, 0.1) is 0 Å². The summed E-state index contributed by atoms with van der Waals surface area (Å²) in [7, 11) is 0. The van der Waals surface area contributed by atoms with Gasteiger partial charge in [-0.2, -0.15) is 0 Å². The van der Waals surface area contributed by atoms with Gasteiger partial charge in [-0.1, -0.05) is 66.0 Å². The largest absolute Gasteiger partial charge is 0.0993 e. The summed E-state index contributed by atoms with van der Waals surface area (Å²) in [5.74, 6) is 4.19. The molecule has 0 aliphatic heterocycles. The van der Waals surface area contributed by atoms with E-state index < -0.39 is 0 Å². The Labute approximate surface area is 122 Å². The molecule has 1 rings (SSSR count). The predicted octanol–water partition coefficient (Wildman–Crippen LogP) is 6.47. The van der Waals surface area contributed by atoms with Gasteiger partial charge in [-0.3, -0.25) is 0 Å². The van der Waals surface area contributed by atoms with Gasteiger partial charge >= 0.3 is 0 Å². The number of hydrogen-bond donors (Lipinski definition) is 0. The maximum atomic E-state index is 4.58. The molecule has 1 aliphatic rings. The van der Waals surface area contributed by atoms with Crippen molar-refractivity contribution in [1.29, 1.82) is 0 Å². The second-order valence-electron chi connectivity index (χ2n) is 7.28. The first-order valence-corrected chi connectivity index (χ1v) is 8.69. The SMILES string of the molecule is C=C(C(CCC)CCC)C1CC(C)CCC1C(C)C. The second-order valence-corrected chi connectivity index (χ2v) is 7.28. The van der Waals surface area contributed by atoms with Crippen LogP contribution in [0.2, 0.25) is 0 Å². The van der Waals surface area contributed by atoms with Crippen molar-refractivity contribution < 1.29 is 0 Å². The third-order valence-corrected chi connectivity index (χ3v) is 5.30. The number of rotatable bonds is 7. The van der Waals surface area contributed by atoms with Crippen molar-refractivity contribution in [2.75, 3.05) is 0 Å². The van der Waals surface area contributed by atoms with Gasteiger partial charge in [0, 0.05) is 0 Å². The summed E-state index contributed by atoms with van der Waals surface area (Å²) in [5.41, 5.74) is 1.61. The van der Waals surface area contributed by atoms with E-state index in [-0.39, 0.29) is 0 Å². The van der Waals surface area contributed by atoms with Crippen molar-refractivity contribution in [2.24, 2.45) is 29.6 Å². The van der Waals surface area contributed by atoms with Crippen LogP contribution < -0.4 is 0 Å². The average Bonchev–Trinajstić information content (AvgIpc) is 2.37. The molecule has 0 saturated heterocycles. The summed E-state index contributed by atoms with van der Waals surface area (Å²) in [6, 6.07) is 0. The standard InChI is InChI=1S/C19H36/c1-7-9-17(10-8-2)16(6)19-13-15(5)11-12-18(19)14(3)4/h14-15,17-19H,6-13H2,1-5H3. The molecule has 0 amide bonds. The lowest BCUT2D eigenvalue weighted by molar-refractivity contribution is 0.159. The molecule has 0 radical (unpaired) electrons. The molecule has 3 unspecified atom stereocenters. The van der Waals surface area contributed by atoms with E-state index >= 15 is 0 Å². The molecule has 0 heterocycles. The van der Waals surface area contributed by atoms with Crippen molar-refractivity contribution >= 4 is 0 Å². The van der Waals surface area contributed by atoms with E-state index in [1.54, 1.807) is 5.57 Å². The summed E-state index contributed by atoms with van der Waals surface area (Å²) < 4.78 is 0. The zero-order valence-electron chi connectivity index (χ0n) is 14.0. The van der Waals surface area contributed by atoms with Gasteiger partial charge in [0.25, 0.3) is 0 Å². The van der Waals surface area contributed by atoms with Crippen LogP contribution in [0.3, 0.4) is 0 Å². The molecule has 0 N–H and O–H groups in total. The van der Waals surface area contributed by atoms with Crippen LogP contribution in [0.1, 0.15) is 79.6 Å². The zero-order chi connectivity index (χ0) is 14.4. The average molecular weight is 264 g/mol. The van der Waals surface area contributed by atoms with Crippen molar-refractivity contribution in [3.05, 3.63) is 12.2 Å². The third-order valence-electron chi connectivity index (χ3n) is 5.30. The molecule has 0 aromatic carbocycles. The molecule has 0 heteroatoms. The maximum absolute atomic E-state index is 4.58. The first-order chi connectivity index (χ1) is 9.01. The summed E-state index contributed by atoms with van der Waals surface area (Å²) in [6.07, 6.45) is 9.55. The van der Waals surface area contributed by atoms with Gasteiger partial charge in [-0.15, -0.1) is 0 Å². The Hall–Kier alpha value is -0.260. The molecular formula is C19H36. The fourth-order valence-corrected chi connectivity index (χ4v) is 4.14. The molecule has 0 aromatic heterocycles. The van der Waals surface area contributed by atoms with Crippen molar-refractivity contribution in [3.63, 3.8) is 0 Å². The molecule has 1 aliphatic carbocycles. The van der Waals surface area contributed by atoms with Crippen molar-refractivity contribution in [1.82, 2.24) is 0 Å². The number of allylic oxidation sites excluding steroid dienone is 1. The molecule has 0 nitrogen and oxygen atoms in total. The van der Waals surface area contributed by atoms with E-state index in [0.29, 0.717) is 0 Å². The smallest absolute Gasteiger partial charge is 0.0170 e. The molecule has 1 fully saturated rings. The van der Waals surface area contributed by atoms with Gasteiger partial charge in [0.2, 0.25) is 0 Å².